The number of ether oxygens (including phenoxy) is 1. The standard InChI is InChI=1S/C20H24N2O3/c1-5-13(2)17-8-6-7-9-18(17)22-19(23)15(4)25-20(24)16-11-10-14(3)21-12-16/h6-13,15H,5H2,1-4H3,(H,22,23). The van der Waals surface area contributed by atoms with Crippen LogP contribution in [0.3, 0.4) is 0 Å². The van der Waals surface area contributed by atoms with Crippen LogP contribution in [0.5, 0.6) is 0 Å². The maximum absolute atomic E-state index is 12.4. The lowest BCUT2D eigenvalue weighted by Gasteiger charge is -2.18. The van der Waals surface area contributed by atoms with Gasteiger partial charge in [-0.1, -0.05) is 32.0 Å². The number of benzene rings is 1. The Morgan fingerprint density at radius 3 is 2.52 bits per heavy atom. The third kappa shape index (κ3) is 4.89. The molecule has 5 heteroatoms. The van der Waals surface area contributed by atoms with Gasteiger partial charge in [-0.2, -0.15) is 0 Å². The summed E-state index contributed by atoms with van der Waals surface area (Å²) in [5.74, 6) is -0.595. The van der Waals surface area contributed by atoms with Crippen LogP contribution in [-0.2, 0) is 9.53 Å². The lowest BCUT2D eigenvalue weighted by atomic mass is 9.97. The number of nitrogens with zero attached hydrogens (tertiary/aromatic N) is 1. The number of carbonyl (C=O) groups excluding carboxylic acids is 2. The number of hydrogen-bond donors (Lipinski definition) is 1. The Balaban J connectivity index is 2.03. The van der Waals surface area contributed by atoms with Crippen LogP contribution in [0.2, 0.25) is 0 Å². The molecule has 1 heterocycles. The number of amides is 1. The maximum Gasteiger partial charge on any atom is 0.340 e. The minimum absolute atomic E-state index is 0.324. The van der Waals surface area contributed by atoms with E-state index in [1.54, 1.807) is 19.1 Å². The number of rotatable bonds is 6. The van der Waals surface area contributed by atoms with Gasteiger partial charge in [-0.05, 0) is 49.9 Å². The number of hydrogen-bond acceptors (Lipinski definition) is 4. The van der Waals surface area contributed by atoms with Crippen LogP contribution >= 0.6 is 0 Å². The highest BCUT2D eigenvalue weighted by Crippen LogP contribution is 2.26. The van der Waals surface area contributed by atoms with Crippen molar-refractivity contribution in [3.8, 4) is 0 Å². The van der Waals surface area contributed by atoms with Crippen molar-refractivity contribution in [3.63, 3.8) is 0 Å². The molecule has 1 amide bonds. The normalized spacial score (nSPS) is 13.0. The topological polar surface area (TPSA) is 68.3 Å². The van der Waals surface area contributed by atoms with Gasteiger partial charge in [0.05, 0.1) is 5.56 Å². The molecule has 2 aromatic rings. The van der Waals surface area contributed by atoms with E-state index in [1.165, 1.54) is 6.20 Å². The van der Waals surface area contributed by atoms with Crippen LogP contribution in [-0.4, -0.2) is 23.0 Å². The first-order chi connectivity index (χ1) is 11.9. The molecule has 0 radical (unpaired) electrons. The van der Waals surface area contributed by atoms with Crippen molar-refractivity contribution < 1.29 is 14.3 Å². The summed E-state index contributed by atoms with van der Waals surface area (Å²) in [6, 6.07) is 11.0. The van der Waals surface area contributed by atoms with Crippen LogP contribution in [0.15, 0.2) is 42.6 Å². The number of aromatic nitrogens is 1. The lowest BCUT2D eigenvalue weighted by Crippen LogP contribution is -2.30. The molecule has 0 fully saturated rings. The quantitative estimate of drug-likeness (QED) is 0.804. The molecule has 2 unspecified atom stereocenters. The first-order valence-electron chi connectivity index (χ1n) is 8.45. The van der Waals surface area contributed by atoms with Crippen LogP contribution in [0.4, 0.5) is 5.69 Å². The smallest absolute Gasteiger partial charge is 0.340 e. The summed E-state index contributed by atoms with van der Waals surface area (Å²) < 4.78 is 5.25. The Morgan fingerprint density at radius 2 is 1.88 bits per heavy atom. The molecule has 25 heavy (non-hydrogen) atoms. The maximum atomic E-state index is 12.4. The van der Waals surface area contributed by atoms with E-state index in [0.29, 0.717) is 11.5 Å². The minimum atomic E-state index is -0.904. The number of anilines is 1. The van der Waals surface area contributed by atoms with Gasteiger partial charge in [-0.15, -0.1) is 0 Å². The van der Waals surface area contributed by atoms with E-state index in [1.807, 2.05) is 31.2 Å². The van der Waals surface area contributed by atoms with Crippen molar-refractivity contribution in [2.24, 2.45) is 0 Å². The predicted octanol–water partition coefficient (Wildman–Crippen LogP) is 4.09. The van der Waals surface area contributed by atoms with Crippen molar-refractivity contribution in [3.05, 3.63) is 59.4 Å². The fourth-order valence-electron chi connectivity index (χ4n) is 2.37. The zero-order chi connectivity index (χ0) is 18.4. The van der Waals surface area contributed by atoms with Crippen LogP contribution in [0.25, 0.3) is 0 Å². The molecular weight excluding hydrogens is 316 g/mol. The molecule has 5 nitrogen and oxygen atoms in total. The average Bonchev–Trinajstić information content (AvgIpc) is 2.61. The summed E-state index contributed by atoms with van der Waals surface area (Å²) in [5.41, 5.74) is 2.95. The van der Waals surface area contributed by atoms with Gasteiger partial charge in [-0.3, -0.25) is 9.78 Å². The summed E-state index contributed by atoms with van der Waals surface area (Å²) in [6.45, 7) is 7.60. The molecule has 2 rings (SSSR count). The van der Waals surface area contributed by atoms with E-state index in [9.17, 15) is 9.59 Å². The van der Waals surface area contributed by atoms with Gasteiger partial charge < -0.3 is 10.1 Å². The average molecular weight is 340 g/mol. The number of carbonyl (C=O) groups is 2. The monoisotopic (exact) mass is 340 g/mol. The van der Waals surface area contributed by atoms with Gasteiger partial charge in [-0.25, -0.2) is 4.79 Å². The van der Waals surface area contributed by atoms with E-state index in [0.717, 1.165) is 23.4 Å². The third-order valence-corrected chi connectivity index (χ3v) is 4.16. The summed E-state index contributed by atoms with van der Waals surface area (Å²) in [7, 11) is 0. The van der Waals surface area contributed by atoms with Gasteiger partial charge in [0.25, 0.3) is 5.91 Å². The largest absolute Gasteiger partial charge is 0.449 e. The molecule has 1 aromatic heterocycles. The molecule has 132 valence electrons. The van der Waals surface area contributed by atoms with E-state index in [2.05, 4.69) is 24.1 Å². The van der Waals surface area contributed by atoms with Gasteiger partial charge in [0.15, 0.2) is 6.10 Å². The fourth-order valence-corrected chi connectivity index (χ4v) is 2.37. The van der Waals surface area contributed by atoms with E-state index in [4.69, 9.17) is 4.74 Å². The molecule has 0 aliphatic carbocycles. The summed E-state index contributed by atoms with van der Waals surface area (Å²) in [5, 5.41) is 2.86. The SMILES string of the molecule is CCC(C)c1ccccc1NC(=O)C(C)OC(=O)c1ccc(C)nc1. The Morgan fingerprint density at radius 1 is 1.16 bits per heavy atom. The Bertz CT molecular complexity index is 741. The Labute approximate surface area is 148 Å². The highest BCUT2D eigenvalue weighted by molar-refractivity contribution is 5.97. The number of aryl methyl sites for hydroxylation is 1. The minimum Gasteiger partial charge on any atom is -0.449 e. The highest BCUT2D eigenvalue weighted by Gasteiger charge is 2.20. The first kappa shape index (κ1) is 18.6. The van der Waals surface area contributed by atoms with E-state index in [-0.39, 0.29) is 5.91 Å². The first-order valence-corrected chi connectivity index (χ1v) is 8.45. The molecule has 1 N–H and O–H groups in total. The molecule has 0 aliphatic rings. The number of nitrogens with one attached hydrogen (secondary N) is 1. The van der Waals surface area contributed by atoms with Crippen LogP contribution < -0.4 is 5.32 Å². The van der Waals surface area contributed by atoms with Crippen molar-refractivity contribution in [1.29, 1.82) is 0 Å². The molecule has 0 aliphatic heterocycles. The summed E-state index contributed by atoms with van der Waals surface area (Å²) in [6.07, 6.45) is 1.51. The van der Waals surface area contributed by atoms with Gasteiger partial charge in [0, 0.05) is 17.6 Å². The fraction of sp³-hybridized carbons (Fsp3) is 0.350. The summed E-state index contributed by atoms with van der Waals surface area (Å²) >= 11 is 0. The van der Waals surface area contributed by atoms with Crippen LogP contribution in [0.1, 0.15) is 54.7 Å². The molecule has 0 bridgehead atoms. The van der Waals surface area contributed by atoms with Gasteiger partial charge in [0.2, 0.25) is 0 Å². The molecule has 0 saturated heterocycles. The van der Waals surface area contributed by atoms with E-state index >= 15 is 0 Å². The summed E-state index contributed by atoms with van der Waals surface area (Å²) in [4.78, 5) is 28.6. The molecule has 1 aromatic carbocycles. The van der Waals surface area contributed by atoms with Crippen LogP contribution in [0, 0.1) is 6.92 Å². The number of pyridine rings is 1. The van der Waals surface area contributed by atoms with E-state index < -0.39 is 12.1 Å². The van der Waals surface area contributed by atoms with Crippen molar-refractivity contribution in [2.45, 2.75) is 46.1 Å². The molecule has 2 atom stereocenters. The second kappa shape index (κ2) is 8.42. The molecular formula is C20H24N2O3. The van der Waals surface area contributed by atoms with Crippen molar-refractivity contribution in [2.75, 3.05) is 5.32 Å². The Hall–Kier alpha value is -2.69. The second-order valence-electron chi connectivity index (χ2n) is 6.12. The molecule has 0 saturated carbocycles. The number of esters is 1. The Kier molecular flexibility index (Phi) is 6.28. The number of para-hydroxylation sites is 1. The lowest BCUT2D eigenvalue weighted by molar-refractivity contribution is -0.123. The predicted molar refractivity (Wildman–Crippen MR) is 97.6 cm³/mol. The van der Waals surface area contributed by atoms with Gasteiger partial charge in [0.1, 0.15) is 0 Å². The van der Waals surface area contributed by atoms with Crippen molar-refractivity contribution in [1.82, 2.24) is 4.98 Å². The molecule has 0 spiro atoms. The van der Waals surface area contributed by atoms with Crippen molar-refractivity contribution >= 4 is 17.6 Å². The zero-order valence-electron chi connectivity index (χ0n) is 15.1. The van der Waals surface area contributed by atoms with Gasteiger partial charge >= 0.3 is 5.97 Å². The zero-order valence-corrected chi connectivity index (χ0v) is 15.1. The third-order valence-electron chi connectivity index (χ3n) is 4.16. The second-order valence-corrected chi connectivity index (χ2v) is 6.12. The highest BCUT2D eigenvalue weighted by atomic mass is 16.5.